The molecular formula is C10H14N2O3. The zero-order valence-corrected chi connectivity index (χ0v) is 8.40. The standard InChI is InChI=1S/C10H14N2O3/c1-6(5-11)12-10(15)7-3-2-4-8(13)9(7)14/h2-4,6,13-14H,5,11H2,1H3,(H,12,15). The molecule has 0 heterocycles. The van der Waals surface area contributed by atoms with Gasteiger partial charge in [0.25, 0.3) is 5.91 Å². The van der Waals surface area contributed by atoms with Crippen molar-refractivity contribution >= 4 is 5.91 Å². The lowest BCUT2D eigenvalue weighted by Gasteiger charge is -2.12. The number of hydrogen-bond acceptors (Lipinski definition) is 4. The summed E-state index contributed by atoms with van der Waals surface area (Å²) in [4.78, 5) is 11.5. The quantitative estimate of drug-likeness (QED) is 0.535. The van der Waals surface area contributed by atoms with Crippen molar-refractivity contribution in [2.45, 2.75) is 13.0 Å². The van der Waals surface area contributed by atoms with E-state index in [1.54, 1.807) is 6.92 Å². The number of phenolic OH excluding ortho intramolecular Hbond substituents is 2. The first-order chi connectivity index (χ1) is 7.06. The Morgan fingerprint density at radius 2 is 2.20 bits per heavy atom. The summed E-state index contributed by atoms with van der Waals surface area (Å²) >= 11 is 0. The Hall–Kier alpha value is -1.75. The fraction of sp³-hybridized carbons (Fsp3) is 0.300. The van der Waals surface area contributed by atoms with Crippen molar-refractivity contribution in [1.29, 1.82) is 0 Å². The number of aromatic hydroxyl groups is 2. The molecule has 0 aliphatic heterocycles. The molecule has 1 unspecified atom stereocenters. The molecular weight excluding hydrogens is 196 g/mol. The van der Waals surface area contributed by atoms with Crippen LogP contribution >= 0.6 is 0 Å². The van der Waals surface area contributed by atoms with Crippen molar-refractivity contribution in [3.63, 3.8) is 0 Å². The molecule has 1 rings (SSSR count). The molecule has 0 spiro atoms. The van der Waals surface area contributed by atoms with Gasteiger partial charge in [-0.15, -0.1) is 0 Å². The van der Waals surface area contributed by atoms with E-state index < -0.39 is 11.7 Å². The Morgan fingerprint density at radius 1 is 1.53 bits per heavy atom. The van der Waals surface area contributed by atoms with Crippen LogP contribution in [0.3, 0.4) is 0 Å². The molecule has 0 aliphatic carbocycles. The van der Waals surface area contributed by atoms with Crippen LogP contribution in [0.4, 0.5) is 0 Å². The third-order valence-electron chi connectivity index (χ3n) is 1.99. The Labute approximate surface area is 87.5 Å². The molecule has 5 heteroatoms. The van der Waals surface area contributed by atoms with Gasteiger partial charge in [0.15, 0.2) is 11.5 Å². The van der Waals surface area contributed by atoms with Crippen molar-refractivity contribution in [3.8, 4) is 11.5 Å². The second-order valence-corrected chi connectivity index (χ2v) is 3.28. The van der Waals surface area contributed by atoms with Crippen molar-refractivity contribution < 1.29 is 15.0 Å². The topological polar surface area (TPSA) is 95.6 Å². The molecule has 1 atom stereocenters. The summed E-state index contributed by atoms with van der Waals surface area (Å²) in [6, 6.07) is 4.03. The third kappa shape index (κ3) is 2.60. The van der Waals surface area contributed by atoms with E-state index in [-0.39, 0.29) is 17.4 Å². The van der Waals surface area contributed by atoms with E-state index >= 15 is 0 Å². The number of nitrogens with two attached hydrogens (primary N) is 1. The molecule has 0 bridgehead atoms. The Balaban J connectivity index is 2.87. The fourth-order valence-electron chi connectivity index (χ4n) is 1.08. The highest BCUT2D eigenvalue weighted by Crippen LogP contribution is 2.27. The SMILES string of the molecule is CC(CN)NC(=O)c1cccc(O)c1O. The highest BCUT2D eigenvalue weighted by Gasteiger charge is 2.14. The smallest absolute Gasteiger partial charge is 0.255 e. The highest BCUT2D eigenvalue weighted by molar-refractivity contribution is 5.97. The van der Waals surface area contributed by atoms with Gasteiger partial charge in [0.1, 0.15) is 0 Å². The van der Waals surface area contributed by atoms with Crippen LogP contribution in [0, 0.1) is 0 Å². The van der Waals surface area contributed by atoms with Crippen LogP contribution in [0.2, 0.25) is 0 Å². The van der Waals surface area contributed by atoms with Gasteiger partial charge in [-0.25, -0.2) is 0 Å². The van der Waals surface area contributed by atoms with E-state index in [1.165, 1.54) is 18.2 Å². The number of para-hydroxylation sites is 1. The molecule has 1 aromatic rings. The summed E-state index contributed by atoms with van der Waals surface area (Å²) in [6.45, 7) is 2.06. The molecule has 1 aromatic carbocycles. The molecule has 0 radical (unpaired) electrons. The summed E-state index contributed by atoms with van der Waals surface area (Å²) in [7, 11) is 0. The second-order valence-electron chi connectivity index (χ2n) is 3.28. The average molecular weight is 210 g/mol. The second kappa shape index (κ2) is 4.65. The Morgan fingerprint density at radius 3 is 2.80 bits per heavy atom. The van der Waals surface area contributed by atoms with Gasteiger partial charge in [-0.05, 0) is 19.1 Å². The van der Waals surface area contributed by atoms with Crippen molar-refractivity contribution in [3.05, 3.63) is 23.8 Å². The van der Waals surface area contributed by atoms with Gasteiger partial charge in [0, 0.05) is 12.6 Å². The van der Waals surface area contributed by atoms with Crippen LogP contribution in [-0.4, -0.2) is 28.7 Å². The molecule has 0 saturated heterocycles. The van der Waals surface area contributed by atoms with E-state index in [1.807, 2.05) is 0 Å². The van der Waals surface area contributed by atoms with Crippen LogP contribution in [0.1, 0.15) is 17.3 Å². The maximum Gasteiger partial charge on any atom is 0.255 e. The van der Waals surface area contributed by atoms with Gasteiger partial charge in [-0.2, -0.15) is 0 Å². The Kier molecular flexibility index (Phi) is 3.51. The summed E-state index contributed by atoms with van der Waals surface area (Å²) < 4.78 is 0. The van der Waals surface area contributed by atoms with Crippen LogP contribution < -0.4 is 11.1 Å². The summed E-state index contributed by atoms with van der Waals surface area (Å²) in [5.74, 6) is -1.19. The third-order valence-corrected chi connectivity index (χ3v) is 1.99. The summed E-state index contributed by atoms with van der Waals surface area (Å²) in [6.07, 6.45) is 0. The predicted molar refractivity (Wildman–Crippen MR) is 55.8 cm³/mol. The van der Waals surface area contributed by atoms with Gasteiger partial charge < -0.3 is 21.3 Å². The number of phenols is 2. The van der Waals surface area contributed by atoms with Gasteiger partial charge in [0.2, 0.25) is 0 Å². The molecule has 0 aliphatic rings. The number of hydrogen-bond donors (Lipinski definition) is 4. The first kappa shape index (κ1) is 11.3. The number of benzene rings is 1. The largest absolute Gasteiger partial charge is 0.504 e. The van der Waals surface area contributed by atoms with Crippen molar-refractivity contribution in [2.24, 2.45) is 5.73 Å². The highest BCUT2D eigenvalue weighted by atomic mass is 16.3. The van der Waals surface area contributed by atoms with Crippen LogP contribution in [0.15, 0.2) is 18.2 Å². The van der Waals surface area contributed by atoms with Crippen LogP contribution in [0.25, 0.3) is 0 Å². The molecule has 1 amide bonds. The average Bonchev–Trinajstić information content (AvgIpc) is 2.21. The minimum Gasteiger partial charge on any atom is -0.504 e. The van der Waals surface area contributed by atoms with Crippen molar-refractivity contribution in [2.75, 3.05) is 6.54 Å². The van der Waals surface area contributed by atoms with E-state index in [0.717, 1.165) is 0 Å². The molecule has 0 saturated carbocycles. The number of nitrogens with one attached hydrogen (secondary N) is 1. The lowest BCUT2D eigenvalue weighted by molar-refractivity contribution is 0.0938. The summed E-state index contributed by atoms with van der Waals surface area (Å²) in [5.41, 5.74) is 5.38. The number of carbonyl (C=O) groups excluding carboxylic acids is 1. The first-order valence-electron chi connectivity index (χ1n) is 4.58. The molecule has 5 nitrogen and oxygen atoms in total. The maximum absolute atomic E-state index is 11.5. The molecule has 82 valence electrons. The van der Waals surface area contributed by atoms with Crippen LogP contribution in [0.5, 0.6) is 11.5 Å². The molecule has 15 heavy (non-hydrogen) atoms. The number of rotatable bonds is 3. The van der Waals surface area contributed by atoms with E-state index in [4.69, 9.17) is 5.73 Å². The maximum atomic E-state index is 11.5. The Bertz CT molecular complexity index is 366. The zero-order chi connectivity index (χ0) is 11.4. The normalized spacial score (nSPS) is 12.1. The monoisotopic (exact) mass is 210 g/mol. The summed E-state index contributed by atoms with van der Waals surface area (Å²) in [5, 5.41) is 21.2. The van der Waals surface area contributed by atoms with Crippen molar-refractivity contribution in [1.82, 2.24) is 5.32 Å². The van der Waals surface area contributed by atoms with Gasteiger partial charge >= 0.3 is 0 Å². The lowest BCUT2D eigenvalue weighted by atomic mass is 10.1. The zero-order valence-electron chi connectivity index (χ0n) is 8.40. The predicted octanol–water partition coefficient (Wildman–Crippen LogP) is 0.175. The van der Waals surface area contributed by atoms with E-state index in [0.29, 0.717) is 6.54 Å². The first-order valence-corrected chi connectivity index (χ1v) is 4.58. The number of carbonyl (C=O) groups is 1. The van der Waals surface area contributed by atoms with E-state index in [2.05, 4.69) is 5.32 Å². The molecule has 0 aromatic heterocycles. The van der Waals surface area contributed by atoms with Crippen LogP contribution in [-0.2, 0) is 0 Å². The lowest BCUT2D eigenvalue weighted by Crippen LogP contribution is -2.37. The van der Waals surface area contributed by atoms with Gasteiger partial charge in [-0.1, -0.05) is 6.07 Å². The molecule has 5 N–H and O–H groups in total. The van der Waals surface area contributed by atoms with Gasteiger partial charge in [0.05, 0.1) is 5.56 Å². The van der Waals surface area contributed by atoms with E-state index in [9.17, 15) is 15.0 Å². The minimum atomic E-state index is -0.457. The van der Waals surface area contributed by atoms with Gasteiger partial charge in [-0.3, -0.25) is 4.79 Å². The number of amides is 1. The molecule has 0 fully saturated rings. The minimum absolute atomic E-state index is 0.0373. The fourth-order valence-corrected chi connectivity index (χ4v) is 1.08.